The van der Waals surface area contributed by atoms with Crippen LogP contribution in [0, 0.1) is 11.8 Å². The Morgan fingerprint density at radius 3 is 1.82 bits per heavy atom. The summed E-state index contributed by atoms with van der Waals surface area (Å²) in [6, 6.07) is -5.75. The lowest BCUT2D eigenvalue weighted by molar-refractivity contribution is -0.142. The monoisotopic (exact) mass is 1020 g/mol. The van der Waals surface area contributed by atoms with E-state index >= 15 is 0 Å². The van der Waals surface area contributed by atoms with Crippen LogP contribution in [-0.2, 0) is 64.0 Å². The van der Waals surface area contributed by atoms with Crippen molar-refractivity contribution in [3.8, 4) is 5.75 Å². The number of likely N-dealkylation sites (tertiary alicyclic amines) is 1. The number of nitrogens with zero attached hydrogens (tertiary/aromatic N) is 1. The molecule has 1 fully saturated rings. The van der Waals surface area contributed by atoms with Gasteiger partial charge in [-0.2, -0.15) is 0 Å². The summed E-state index contributed by atoms with van der Waals surface area (Å²) >= 11 is 0. The number of amides is 11. The van der Waals surface area contributed by atoms with Crippen molar-refractivity contribution in [1.82, 2.24) is 42.1 Å². The summed E-state index contributed by atoms with van der Waals surface area (Å²) in [4.78, 5) is 157. The molecule has 0 radical (unpaired) electrons. The number of carboxylic acid groups (broad SMARTS) is 1. The van der Waals surface area contributed by atoms with Crippen molar-refractivity contribution in [3.05, 3.63) is 29.8 Å². The van der Waals surface area contributed by atoms with Gasteiger partial charge in [-0.15, -0.1) is 0 Å². The Morgan fingerprint density at radius 2 is 1.26 bits per heavy atom. The average molecular weight is 1020 g/mol. The number of carbonyl (C=O) groups is 12. The van der Waals surface area contributed by atoms with Crippen LogP contribution in [0.25, 0.3) is 0 Å². The standard InChI is InChI=1S/C45H71N13O14/c1-5-23(4)37(57-42(69)29(18-24-8-10-25(59)11-9-24)53-38(65)26(47)12-15-36(63)64)44(71)52-27(13-14-33(48)60)40(67)54-30(19-34(49)61)41(68)56-31(20-46)45(72)58-16-6-7-32(58)43(70)55-28(17-22(2)3)39(66)51-21-35(50)62/h8-11,22-23,26-32,37,59H,5-7,12-21,46-47H2,1-4H3,(H2,48,60)(H2,49,61)(H2,50,62)(H,51,66)(H,52,71)(H,53,65)(H,54,67)(H,55,70)(H,56,68)(H,57,69)(H,63,64)/t23-,26-,27-,28-,29-,30-,31-,32-,37-/m0/s1. The van der Waals surface area contributed by atoms with Crippen LogP contribution < -0.4 is 65.9 Å². The number of primary amides is 3. The van der Waals surface area contributed by atoms with Crippen molar-refractivity contribution in [2.75, 3.05) is 19.6 Å². The smallest absolute Gasteiger partial charge is 0.303 e. The quantitative estimate of drug-likeness (QED) is 0.0331. The molecule has 1 aromatic rings. The molecular weight excluding hydrogens is 947 g/mol. The molecule has 9 atom stereocenters. The second-order valence-corrected chi connectivity index (χ2v) is 18.0. The third-order valence-corrected chi connectivity index (χ3v) is 11.6. The van der Waals surface area contributed by atoms with Crippen molar-refractivity contribution in [2.45, 2.75) is 140 Å². The molecule has 27 nitrogen and oxygen atoms in total. The van der Waals surface area contributed by atoms with Crippen LogP contribution in [0.2, 0.25) is 0 Å². The number of phenols is 1. The normalized spacial score (nSPS) is 16.5. The molecule has 1 aliphatic heterocycles. The molecule has 2 rings (SSSR count). The van der Waals surface area contributed by atoms with E-state index in [1.54, 1.807) is 27.7 Å². The van der Waals surface area contributed by atoms with E-state index in [1.807, 2.05) is 0 Å². The Labute approximate surface area is 415 Å². The minimum absolute atomic E-state index is 0.0449. The molecule has 72 heavy (non-hydrogen) atoms. The van der Waals surface area contributed by atoms with Gasteiger partial charge in [-0.3, -0.25) is 57.5 Å². The van der Waals surface area contributed by atoms with Crippen LogP contribution in [0.3, 0.4) is 0 Å². The van der Waals surface area contributed by atoms with Gasteiger partial charge >= 0.3 is 5.97 Å². The highest BCUT2D eigenvalue weighted by Crippen LogP contribution is 2.20. The Morgan fingerprint density at radius 1 is 0.681 bits per heavy atom. The molecule has 1 saturated heterocycles. The molecule has 1 aliphatic rings. The molecule has 1 heterocycles. The third-order valence-electron chi connectivity index (χ3n) is 11.6. The first-order chi connectivity index (χ1) is 33.8. The molecule has 1 aromatic carbocycles. The molecule has 0 aliphatic carbocycles. The lowest BCUT2D eigenvalue weighted by atomic mass is 9.96. The maximum atomic E-state index is 14.1. The zero-order valence-electron chi connectivity index (χ0n) is 40.9. The van der Waals surface area contributed by atoms with Crippen molar-refractivity contribution < 1.29 is 67.7 Å². The minimum atomic E-state index is -1.81. The van der Waals surface area contributed by atoms with Crippen molar-refractivity contribution in [3.63, 3.8) is 0 Å². The van der Waals surface area contributed by atoms with Crippen LogP contribution in [0.5, 0.6) is 5.75 Å². The summed E-state index contributed by atoms with van der Waals surface area (Å²) in [7, 11) is 0. The highest BCUT2D eigenvalue weighted by atomic mass is 16.4. The van der Waals surface area contributed by atoms with Gasteiger partial charge in [0.25, 0.3) is 0 Å². The molecule has 0 aromatic heterocycles. The summed E-state index contributed by atoms with van der Waals surface area (Å²) in [6.07, 6.45) is -1.72. The molecule has 0 bridgehead atoms. The van der Waals surface area contributed by atoms with Gasteiger partial charge in [0.15, 0.2) is 0 Å². The number of carbonyl (C=O) groups excluding carboxylic acids is 11. The molecule has 0 spiro atoms. The summed E-state index contributed by atoms with van der Waals surface area (Å²) in [6.45, 7) is 5.93. The van der Waals surface area contributed by atoms with Crippen LogP contribution in [0.4, 0.5) is 0 Å². The fourth-order valence-corrected chi connectivity index (χ4v) is 7.49. The fraction of sp³-hybridized carbons (Fsp3) is 0.600. The number of nitrogens with one attached hydrogen (secondary N) is 7. The summed E-state index contributed by atoms with van der Waals surface area (Å²) in [5.41, 5.74) is 28.3. The highest BCUT2D eigenvalue weighted by Gasteiger charge is 2.40. The van der Waals surface area contributed by atoms with Gasteiger partial charge in [0.05, 0.1) is 19.0 Å². The van der Waals surface area contributed by atoms with E-state index in [-0.39, 0.29) is 50.3 Å². The number of aromatic hydroxyl groups is 1. The van der Waals surface area contributed by atoms with E-state index in [0.717, 1.165) is 4.90 Å². The van der Waals surface area contributed by atoms with Crippen molar-refractivity contribution in [1.29, 1.82) is 0 Å². The molecule has 19 N–H and O–H groups in total. The largest absolute Gasteiger partial charge is 0.508 e. The van der Waals surface area contributed by atoms with Gasteiger partial charge in [-0.25, -0.2) is 0 Å². The number of hydrogen-bond donors (Lipinski definition) is 14. The van der Waals surface area contributed by atoms with Gasteiger partial charge < -0.3 is 81.0 Å². The second-order valence-electron chi connectivity index (χ2n) is 18.0. The maximum absolute atomic E-state index is 14.1. The van der Waals surface area contributed by atoms with Crippen molar-refractivity contribution >= 4 is 70.9 Å². The van der Waals surface area contributed by atoms with Crippen LogP contribution in [0.15, 0.2) is 24.3 Å². The second kappa shape index (κ2) is 29.7. The summed E-state index contributed by atoms with van der Waals surface area (Å²) in [5.74, 6) is -12.0. The average Bonchev–Trinajstić information content (AvgIpc) is 3.81. The zero-order valence-corrected chi connectivity index (χ0v) is 40.9. The number of benzene rings is 1. The van der Waals surface area contributed by atoms with E-state index in [2.05, 4.69) is 37.2 Å². The summed E-state index contributed by atoms with van der Waals surface area (Å²) in [5, 5.41) is 36.0. The topological polar surface area (TPSA) is 463 Å². The molecule has 400 valence electrons. The van der Waals surface area contributed by atoms with E-state index in [1.165, 1.54) is 24.3 Å². The first-order valence-electron chi connectivity index (χ1n) is 23.5. The molecule has 27 heteroatoms. The lowest BCUT2D eigenvalue weighted by Gasteiger charge is -2.31. The van der Waals surface area contributed by atoms with E-state index in [0.29, 0.717) is 12.0 Å². The summed E-state index contributed by atoms with van der Waals surface area (Å²) < 4.78 is 0. The van der Waals surface area contributed by atoms with Crippen LogP contribution in [-0.4, -0.2) is 154 Å². The molecular formula is C45H71N13O14. The van der Waals surface area contributed by atoms with Gasteiger partial charge in [-0.1, -0.05) is 46.2 Å². The molecule has 0 saturated carbocycles. The Bertz CT molecular complexity index is 2120. The first kappa shape index (κ1) is 60.7. The Balaban J connectivity index is 2.36. The van der Waals surface area contributed by atoms with Gasteiger partial charge in [0.2, 0.25) is 65.0 Å². The lowest BCUT2D eigenvalue weighted by Crippen LogP contribution is -2.62. The van der Waals surface area contributed by atoms with Crippen LogP contribution in [0.1, 0.15) is 91.0 Å². The highest BCUT2D eigenvalue weighted by molar-refractivity contribution is 5.99. The van der Waals surface area contributed by atoms with E-state index in [4.69, 9.17) is 33.8 Å². The zero-order chi connectivity index (χ0) is 54.4. The number of phenolic OH excluding ortho intramolecular Hbond substituents is 1. The Kier molecular flexibility index (Phi) is 25.0. The SMILES string of the molecule is CC[C@H](C)[C@H](NC(=O)[C@H](Cc1ccc(O)cc1)NC(=O)[C@@H](N)CCC(=O)O)C(=O)N[C@@H](CCC(N)=O)C(=O)N[C@@H](CC(N)=O)C(=O)N[C@@H](CN)C(=O)N1CCC[C@H]1C(=O)N[C@@H](CC(C)C)C(=O)NCC(N)=O. The van der Waals surface area contributed by atoms with Gasteiger partial charge in [0.1, 0.15) is 48.0 Å². The van der Waals surface area contributed by atoms with Crippen molar-refractivity contribution in [2.24, 2.45) is 40.5 Å². The number of carboxylic acids is 1. The van der Waals surface area contributed by atoms with Gasteiger partial charge in [-0.05, 0) is 61.6 Å². The number of rotatable bonds is 31. The molecule has 0 unspecified atom stereocenters. The number of hydrogen-bond acceptors (Lipinski definition) is 15. The predicted molar refractivity (Wildman–Crippen MR) is 255 cm³/mol. The van der Waals surface area contributed by atoms with E-state index in [9.17, 15) is 62.6 Å². The third kappa shape index (κ3) is 20.5. The predicted octanol–water partition coefficient (Wildman–Crippen LogP) is -5.18. The van der Waals surface area contributed by atoms with E-state index < -0.39 is 164 Å². The fourth-order valence-electron chi connectivity index (χ4n) is 7.49. The van der Waals surface area contributed by atoms with Gasteiger partial charge in [0, 0.05) is 32.4 Å². The Hall–Kier alpha value is -7.42. The number of nitrogens with two attached hydrogens (primary N) is 5. The first-order valence-corrected chi connectivity index (χ1v) is 23.5. The molecule has 11 amide bonds. The number of aliphatic carboxylic acids is 1. The van der Waals surface area contributed by atoms with Crippen LogP contribution >= 0.6 is 0 Å². The minimum Gasteiger partial charge on any atom is -0.508 e. The maximum Gasteiger partial charge on any atom is 0.303 e.